The Morgan fingerprint density at radius 1 is 1.42 bits per heavy atom. The zero-order valence-electron chi connectivity index (χ0n) is 10.5. The predicted octanol–water partition coefficient (Wildman–Crippen LogP) is 2.61. The molecule has 1 aromatic heterocycles. The first kappa shape index (κ1) is 13.6. The third kappa shape index (κ3) is 3.82. The molecule has 0 fully saturated rings. The minimum absolute atomic E-state index is 0.263. The monoisotopic (exact) mass is 323 g/mol. The van der Waals surface area contributed by atoms with E-state index in [4.69, 9.17) is 4.74 Å². The van der Waals surface area contributed by atoms with Crippen LogP contribution in [0, 0.1) is 0 Å². The van der Waals surface area contributed by atoms with Crippen molar-refractivity contribution in [3.05, 3.63) is 52.3 Å². The number of alkyl carbamates (subject to hydrolysis) is 1. The number of nitrogens with one attached hydrogen (secondary N) is 1. The largest absolute Gasteiger partial charge is 0.445 e. The number of nitrogens with zero attached hydrogens (tertiary/aromatic N) is 2. The average molecular weight is 324 g/mol. The maximum absolute atomic E-state index is 11.6. The van der Waals surface area contributed by atoms with Crippen molar-refractivity contribution in [1.82, 2.24) is 15.1 Å². The number of aryl methyl sites for hydroxylation is 1. The fraction of sp³-hybridized carbons (Fsp3) is 0.231. The van der Waals surface area contributed by atoms with Crippen LogP contribution in [0.3, 0.4) is 0 Å². The second kappa shape index (κ2) is 6.38. The van der Waals surface area contributed by atoms with Crippen LogP contribution in [-0.2, 0) is 24.9 Å². The summed E-state index contributed by atoms with van der Waals surface area (Å²) in [6.07, 6.45) is 1.24. The predicted molar refractivity (Wildman–Crippen MR) is 74.4 cm³/mol. The molecule has 0 aliphatic heterocycles. The van der Waals surface area contributed by atoms with Gasteiger partial charge in [-0.3, -0.25) is 4.68 Å². The van der Waals surface area contributed by atoms with Crippen LogP contribution in [0.5, 0.6) is 0 Å². The molecule has 0 aliphatic rings. The summed E-state index contributed by atoms with van der Waals surface area (Å²) in [5.74, 6) is 0. The van der Waals surface area contributed by atoms with Crippen molar-refractivity contribution in [2.45, 2.75) is 13.2 Å². The smallest absolute Gasteiger partial charge is 0.407 e. The first-order valence-corrected chi connectivity index (χ1v) is 6.57. The molecule has 1 heterocycles. The molecule has 0 saturated carbocycles. The third-order valence-corrected chi connectivity index (χ3v) is 3.29. The summed E-state index contributed by atoms with van der Waals surface area (Å²) in [6, 6.07) is 9.55. The van der Waals surface area contributed by atoms with Gasteiger partial charge in [-0.1, -0.05) is 30.3 Å². The second-order valence-corrected chi connectivity index (χ2v) is 4.83. The van der Waals surface area contributed by atoms with E-state index in [1.54, 1.807) is 10.9 Å². The molecule has 0 spiro atoms. The van der Waals surface area contributed by atoms with E-state index in [0.717, 1.165) is 15.7 Å². The van der Waals surface area contributed by atoms with Crippen LogP contribution < -0.4 is 5.32 Å². The van der Waals surface area contributed by atoms with Gasteiger partial charge >= 0.3 is 6.09 Å². The molecule has 2 rings (SSSR count). The van der Waals surface area contributed by atoms with E-state index in [1.165, 1.54) is 0 Å². The van der Waals surface area contributed by atoms with Gasteiger partial charge in [0, 0.05) is 7.05 Å². The number of carbonyl (C=O) groups excluding carboxylic acids is 1. The summed E-state index contributed by atoms with van der Waals surface area (Å²) in [6.45, 7) is 0.629. The van der Waals surface area contributed by atoms with E-state index in [2.05, 4.69) is 26.3 Å². The molecule has 2 aromatic rings. The van der Waals surface area contributed by atoms with Gasteiger partial charge in [0.25, 0.3) is 0 Å². The molecule has 1 aromatic carbocycles. The number of carbonyl (C=O) groups is 1. The lowest BCUT2D eigenvalue weighted by Gasteiger charge is -2.07. The van der Waals surface area contributed by atoms with Crippen LogP contribution in [0.4, 0.5) is 4.79 Å². The second-order valence-electron chi connectivity index (χ2n) is 3.98. The Morgan fingerprint density at radius 3 is 2.79 bits per heavy atom. The van der Waals surface area contributed by atoms with Crippen LogP contribution in [0.25, 0.3) is 0 Å². The van der Waals surface area contributed by atoms with Gasteiger partial charge in [-0.25, -0.2) is 4.79 Å². The van der Waals surface area contributed by atoms with E-state index < -0.39 is 6.09 Å². The number of hydrogen-bond acceptors (Lipinski definition) is 3. The Balaban J connectivity index is 1.79. The van der Waals surface area contributed by atoms with Gasteiger partial charge in [0.2, 0.25) is 0 Å². The highest BCUT2D eigenvalue weighted by Gasteiger charge is 2.08. The SMILES string of the molecule is Cn1ncc(Br)c1CNC(=O)OCc1ccccc1. The molecule has 0 radical (unpaired) electrons. The van der Waals surface area contributed by atoms with E-state index in [0.29, 0.717) is 6.54 Å². The van der Waals surface area contributed by atoms with Crippen LogP contribution in [-0.4, -0.2) is 15.9 Å². The summed E-state index contributed by atoms with van der Waals surface area (Å²) in [7, 11) is 1.82. The van der Waals surface area contributed by atoms with Crippen molar-refractivity contribution in [1.29, 1.82) is 0 Å². The van der Waals surface area contributed by atoms with Crippen LogP contribution in [0.1, 0.15) is 11.3 Å². The van der Waals surface area contributed by atoms with E-state index >= 15 is 0 Å². The van der Waals surface area contributed by atoms with Crippen LogP contribution >= 0.6 is 15.9 Å². The molecule has 6 heteroatoms. The first-order valence-electron chi connectivity index (χ1n) is 5.77. The molecule has 0 aliphatic carbocycles. The Bertz CT molecular complexity index is 535. The Labute approximate surface area is 119 Å². The molecule has 1 amide bonds. The summed E-state index contributed by atoms with van der Waals surface area (Å²) in [5.41, 5.74) is 1.84. The average Bonchev–Trinajstić information content (AvgIpc) is 2.75. The molecule has 5 nitrogen and oxygen atoms in total. The number of hydrogen-bond donors (Lipinski definition) is 1. The van der Waals surface area contributed by atoms with Crippen LogP contribution in [0.15, 0.2) is 41.0 Å². The minimum Gasteiger partial charge on any atom is -0.445 e. The highest BCUT2D eigenvalue weighted by Crippen LogP contribution is 2.14. The molecule has 19 heavy (non-hydrogen) atoms. The molecule has 0 saturated heterocycles. The third-order valence-electron chi connectivity index (χ3n) is 2.62. The van der Waals surface area contributed by atoms with E-state index in [9.17, 15) is 4.79 Å². The standard InChI is InChI=1S/C13H14BrN3O2/c1-17-12(11(14)7-16-17)8-15-13(18)19-9-10-5-3-2-4-6-10/h2-7H,8-9H2,1H3,(H,15,18). The number of aromatic nitrogens is 2. The van der Waals surface area contributed by atoms with Crippen molar-refractivity contribution < 1.29 is 9.53 Å². The molecule has 100 valence electrons. The Kier molecular flexibility index (Phi) is 4.57. The van der Waals surface area contributed by atoms with Gasteiger partial charge in [0.05, 0.1) is 22.9 Å². The summed E-state index contributed by atoms with van der Waals surface area (Å²) in [4.78, 5) is 11.6. The fourth-order valence-electron chi connectivity index (χ4n) is 1.56. The number of benzene rings is 1. The number of rotatable bonds is 4. The topological polar surface area (TPSA) is 56.2 Å². The fourth-order valence-corrected chi connectivity index (χ4v) is 2.05. The molecule has 0 bridgehead atoms. The summed E-state index contributed by atoms with van der Waals surface area (Å²) >= 11 is 3.37. The lowest BCUT2D eigenvalue weighted by Crippen LogP contribution is -2.25. The van der Waals surface area contributed by atoms with Crippen LogP contribution in [0.2, 0.25) is 0 Å². The Morgan fingerprint density at radius 2 is 2.16 bits per heavy atom. The van der Waals surface area contributed by atoms with Crippen molar-refractivity contribution in [2.24, 2.45) is 7.05 Å². The van der Waals surface area contributed by atoms with Crippen molar-refractivity contribution in [2.75, 3.05) is 0 Å². The highest BCUT2D eigenvalue weighted by molar-refractivity contribution is 9.10. The van der Waals surface area contributed by atoms with Gasteiger partial charge in [-0.15, -0.1) is 0 Å². The molecular weight excluding hydrogens is 310 g/mol. The lowest BCUT2D eigenvalue weighted by molar-refractivity contribution is 0.139. The van der Waals surface area contributed by atoms with Crippen molar-refractivity contribution in [3.63, 3.8) is 0 Å². The maximum Gasteiger partial charge on any atom is 0.407 e. The summed E-state index contributed by atoms with van der Waals surface area (Å²) in [5, 5.41) is 6.75. The van der Waals surface area contributed by atoms with Gasteiger partial charge in [-0.05, 0) is 21.5 Å². The van der Waals surface area contributed by atoms with E-state index in [1.807, 2.05) is 37.4 Å². The van der Waals surface area contributed by atoms with Crippen molar-refractivity contribution in [3.8, 4) is 0 Å². The molecule has 0 atom stereocenters. The lowest BCUT2D eigenvalue weighted by atomic mass is 10.2. The first-order chi connectivity index (χ1) is 9.16. The molecule has 0 unspecified atom stereocenters. The molecular formula is C13H14BrN3O2. The maximum atomic E-state index is 11.6. The quantitative estimate of drug-likeness (QED) is 0.940. The van der Waals surface area contributed by atoms with Gasteiger partial charge in [-0.2, -0.15) is 5.10 Å². The number of ether oxygens (including phenoxy) is 1. The number of halogens is 1. The summed E-state index contributed by atoms with van der Waals surface area (Å²) < 4.78 is 7.67. The number of amides is 1. The van der Waals surface area contributed by atoms with E-state index in [-0.39, 0.29) is 6.61 Å². The van der Waals surface area contributed by atoms with Gasteiger partial charge < -0.3 is 10.1 Å². The zero-order chi connectivity index (χ0) is 13.7. The molecule has 1 N–H and O–H groups in total. The Hall–Kier alpha value is -1.82. The van der Waals surface area contributed by atoms with Crippen molar-refractivity contribution >= 4 is 22.0 Å². The van der Waals surface area contributed by atoms with Gasteiger partial charge in [0.1, 0.15) is 6.61 Å². The van der Waals surface area contributed by atoms with Gasteiger partial charge in [0.15, 0.2) is 0 Å². The zero-order valence-corrected chi connectivity index (χ0v) is 12.1. The highest BCUT2D eigenvalue weighted by atomic mass is 79.9. The minimum atomic E-state index is -0.447. The normalized spacial score (nSPS) is 10.2.